The average molecular weight is 347 g/mol. The summed E-state index contributed by atoms with van der Waals surface area (Å²) in [5.41, 5.74) is 7.27. The summed E-state index contributed by atoms with van der Waals surface area (Å²) in [6, 6.07) is 17.1. The Kier molecular flexibility index (Phi) is 3.95. The molecule has 1 aromatic heterocycles. The fourth-order valence-corrected chi connectivity index (χ4v) is 3.19. The van der Waals surface area contributed by atoms with Crippen molar-refractivity contribution in [3.8, 4) is 11.5 Å². The highest BCUT2D eigenvalue weighted by Gasteiger charge is 2.19. The lowest BCUT2D eigenvalue weighted by molar-refractivity contribution is -0.113. The molecule has 3 aromatic rings. The number of hydrogen-bond donors (Lipinski definition) is 1. The normalized spacial score (nSPS) is 15.6. The van der Waals surface area contributed by atoms with Crippen LogP contribution in [0, 0.1) is 0 Å². The van der Waals surface area contributed by atoms with Gasteiger partial charge in [0.15, 0.2) is 5.17 Å². The standard InChI is InChI=1S/C19H13N3O2S/c20-19-22-18(23)17(25-19)11-12-6-7-15-14(10-12)16(8-9-21-15)24-13-4-2-1-3-5-13/h1-11H,(H2,20,22,23)/b17-11-. The lowest BCUT2D eigenvalue weighted by Crippen LogP contribution is -2.01. The Hall–Kier alpha value is -3.12. The molecule has 0 saturated carbocycles. The Morgan fingerprint density at radius 1 is 1.08 bits per heavy atom. The van der Waals surface area contributed by atoms with Gasteiger partial charge in [0.2, 0.25) is 0 Å². The Morgan fingerprint density at radius 2 is 1.92 bits per heavy atom. The van der Waals surface area contributed by atoms with Crippen LogP contribution >= 0.6 is 11.8 Å². The molecule has 0 fully saturated rings. The van der Waals surface area contributed by atoms with E-state index in [1.165, 1.54) is 11.8 Å². The fraction of sp³-hybridized carbons (Fsp3) is 0. The number of aromatic nitrogens is 1. The predicted octanol–water partition coefficient (Wildman–Crippen LogP) is 3.96. The first-order chi connectivity index (χ1) is 12.2. The van der Waals surface area contributed by atoms with E-state index < -0.39 is 0 Å². The Morgan fingerprint density at radius 3 is 2.68 bits per heavy atom. The third-order valence-electron chi connectivity index (χ3n) is 3.63. The molecule has 2 heterocycles. The number of amides is 1. The van der Waals surface area contributed by atoms with E-state index in [1.807, 2.05) is 54.6 Å². The number of ether oxygens (including phenoxy) is 1. The number of carbonyl (C=O) groups is 1. The van der Waals surface area contributed by atoms with E-state index in [2.05, 4.69) is 9.98 Å². The minimum absolute atomic E-state index is 0.270. The maximum Gasteiger partial charge on any atom is 0.286 e. The topological polar surface area (TPSA) is 77.6 Å². The first-order valence-corrected chi connectivity index (χ1v) is 8.40. The Labute approximate surface area is 148 Å². The smallest absolute Gasteiger partial charge is 0.286 e. The quantitative estimate of drug-likeness (QED) is 0.726. The van der Waals surface area contributed by atoms with Crippen molar-refractivity contribution in [2.75, 3.05) is 0 Å². The molecule has 0 radical (unpaired) electrons. The number of nitrogens with zero attached hydrogens (tertiary/aromatic N) is 2. The van der Waals surface area contributed by atoms with Crippen LogP contribution in [0.1, 0.15) is 5.56 Å². The van der Waals surface area contributed by atoms with Crippen LogP contribution in [0.4, 0.5) is 0 Å². The van der Waals surface area contributed by atoms with Gasteiger partial charge in [-0.3, -0.25) is 9.78 Å². The number of carbonyl (C=O) groups excluding carboxylic acids is 1. The molecule has 0 aliphatic carbocycles. The summed E-state index contributed by atoms with van der Waals surface area (Å²) in [6.45, 7) is 0. The second-order valence-electron chi connectivity index (χ2n) is 5.37. The summed E-state index contributed by atoms with van der Waals surface area (Å²) in [6.07, 6.45) is 3.48. The van der Waals surface area contributed by atoms with Gasteiger partial charge in [-0.2, -0.15) is 4.99 Å². The number of pyridine rings is 1. The third kappa shape index (κ3) is 3.25. The van der Waals surface area contributed by atoms with Crippen LogP contribution in [0.2, 0.25) is 0 Å². The molecule has 0 saturated heterocycles. The highest BCUT2D eigenvalue weighted by Crippen LogP contribution is 2.31. The van der Waals surface area contributed by atoms with E-state index in [4.69, 9.17) is 10.5 Å². The summed E-state index contributed by atoms with van der Waals surface area (Å²) < 4.78 is 5.98. The molecule has 0 atom stereocenters. The molecule has 5 nitrogen and oxygen atoms in total. The van der Waals surface area contributed by atoms with E-state index in [-0.39, 0.29) is 11.1 Å². The predicted molar refractivity (Wildman–Crippen MR) is 100 cm³/mol. The van der Waals surface area contributed by atoms with Crippen LogP contribution in [-0.4, -0.2) is 16.1 Å². The number of benzene rings is 2. The van der Waals surface area contributed by atoms with Gasteiger partial charge in [0, 0.05) is 11.6 Å². The highest BCUT2D eigenvalue weighted by atomic mass is 32.2. The van der Waals surface area contributed by atoms with Gasteiger partial charge in [-0.25, -0.2) is 0 Å². The number of para-hydroxylation sites is 1. The summed E-state index contributed by atoms with van der Waals surface area (Å²) in [7, 11) is 0. The van der Waals surface area contributed by atoms with E-state index in [9.17, 15) is 4.79 Å². The molecular formula is C19H13N3O2S. The van der Waals surface area contributed by atoms with Crippen molar-refractivity contribution in [1.29, 1.82) is 0 Å². The fourth-order valence-electron chi connectivity index (χ4n) is 2.51. The first-order valence-electron chi connectivity index (χ1n) is 7.59. The van der Waals surface area contributed by atoms with E-state index in [0.717, 1.165) is 22.2 Å². The van der Waals surface area contributed by atoms with E-state index in [1.54, 1.807) is 12.3 Å². The first kappa shape index (κ1) is 15.4. The van der Waals surface area contributed by atoms with Crippen LogP contribution in [-0.2, 0) is 4.79 Å². The van der Waals surface area contributed by atoms with Crippen molar-refractivity contribution in [2.45, 2.75) is 0 Å². The van der Waals surface area contributed by atoms with Crippen molar-refractivity contribution in [1.82, 2.24) is 4.98 Å². The van der Waals surface area contributed by atoms with Gasteiger partial charge in [0.05, 0.1) is 10.4 Å². The van der Waals surface area contributed by atoms with Crippen LogP contribution in [0.15, 0.2) is 70.7 Å². The summed E-state index contributed by atoms with van der Waals surface area (Å²) in [5.74, 6) is 1.15. The molecule has 122 valence electrons. The van der Waals surface area contributed by atoms with Gasteiger partial charge >= 0.3 is 0 Å². The van der Waals surface area contributed by atoms with Gasteiger partial charge in [0.1, 0.15) is 11.5 Å². The zero-order valence-electron chi connectivity index (χ0n) is 13.0. The number of thioether (sulfide) groups is 1. The number of amidine groups is 1. The number of nitrogens with two attached hydrogens (primary N) is 1. The van der Waals surface area contributed by atoms with Crippen molar-refractivity contribution in [3.63, 3.8) is 0 Å². The minimum atomic E-state index is -0.311. The van der Waals surface area contributed by atoms with Crippen molar-refractivity contribution >= 4 is 39.8 Å². The minimum Gasteiger partial charge on any atom is -0.457 e. The zero-order valence-corrected chi connectivity index (χ0v) is 13.9. The molecule has 1 aliphatic heterocycles. The molecule has 0 spiro atoms. The number of aliphatic imine (C=N–C) groups is 1. The maximum atomic E-state index is 11.8. The number of rotatable bonds is 3. The van der Waals surface area contributed by atoms with E-state index >= 15 is 0 Å². The van der Waals surface area contributed by atoms with E-state index in [0.29, 0.717) is 10.7 Å². The van der Waals surface area contributed by atoms with Crippen molar-refractivity contribution < 1.29 is 9.53 Å². The summed E-state index contributed by atoms with van der Waals surface area (Å²) >= 11 is 1.17. The summed E-state index contributed by atoms with van der Waals surface area (Å²) in [5, 5.41) is 1.14. The van der Waals surface area contributed by atoms with Crippen LogP contribution in [0.3, 0.4) is 0 Å². The maximum absolute atomic E-state index is 11.8. The largest absolute Gasteiger partial charge is 0.457 e. The van der Waals surface area contributed by atoms with Crippen molar-refractivity contribution in [3.05, 3.63) is 71.3 Å². The number of hydrogen-bond acceptors (Lipinski definition) is 5. The van der Waals surface area contributed by atoms with Gasteiger partial charge < -0.3 is 10.5 Å². The second-order valence-corrected chi connectivity index (χ2v) is 6.43. The molecule has 0 bridgehead atoms. The third-order valence-corrected chi connectivity index (χ3v) is 4.44. The zero-order chi connectivity index (χ0) is 17.2. The summed E-state index contributed by atoms with van der Waals surface area (Å²) in [4.78, 5) is 20.4. The molecular weight excluding hydrogens is 334 g/mol. The average Bonchev–Trinajstić information content (AvgIpc) is 2.93. The van der Waals surface area contributed by atoms with Crippen LogP contribution in [0.5, 0.6) is 11.5 Å². The lowest BCUT2D eigenvalue weighted by Gasteiger charge is -2.09. The molecule has 6 heteroatoms. The molecule has 1 amide bonds. The van der Waals surface area contributed by atoms with Gasteiger partial charge in [-0.05, 0) is 53.7 Å². The Bertz CT molecular complexity index is 1030. The van der Waals surface area contributed by atoms with Gasteiger partial charge in [-0.15, -0.1) is 0 Å². The molecule has 0 unspecified atom stereocenters. The molecule has 4 rings (SSSR count). The molecule has 2 N–H and O–H groups in total. The SMILES string of the molecule is NC1=NC(=O)/C(=C/c2ccc3nccc(Oc4ccccc4)c3c2)S1. The van der Waals surface area contributed by atoms with Crippen LogP contribution in [0.25, 0.3) is 17.0 Å². The second kappa shape index (κ2) is 6.41. The number of fused-ring (bicyclic) bond motifs is 1. The van der Waals surface area contributed by atoms with Gasteiger partial charge in [0.25, 0.3) is 5.91 Å². The lowest BCUT2D eigenvalue weighted by atomic mass is 10.1. The monoisotopic (exact) mass is 347 g/mol. The molecule has 25 heavy (non-hydrogen) atoms. The van der Waals surface area contributed by atoms with Crippen molar-refractivity contribution in [2.24, 2.45) is 10.7 Å². The molecule has 2 aromatic carbocycles. The van der Waals surface area contributed by atoms with Gasteiger partial charge in [-0.1, -0.05) is 24.3 Å². The Balaban J connectivity index is 1.73. The van der Waals surface area contributed by atoms with Crippen LogP contribution < -0.4 is 10.5 Å². The highest BCUT2D eigenvalue weighted by molar-refractivity contribution is 8.18. The molecule has 1 aliphatic rings.